The number of ether oxygens (including phenoxy) is 9. The zero-order chi connectivity index (χ0) is 58.7. The van der Waals surface area contributed by atoms with Crippen LogP contribution in [0.3, 0.4) is 0 Å². The molecule has 8 fully saturated rings. The van der Waals surface area contributed by atoms with E-state index in [0.717, 1.165) is 19.8 Å². The Labute approximate surface area is 465 Å². The molecule has 0 aromatic carbocycles. The number of aliphatic hydroxyl groups excluding tert-OH is 11. The molecule has 0 unspecified atom stereocenters. The van der Waals surface area contributed by atoms with Crippen LogP contribution in [-0.2, 0) is 57.0 Å². The number of aliphatic carboxylic acids is 1. The van der Waals surface area contributed by atoms with Gasteiger partial charge in [0.05, 0.1) is 24.2 Å². The summed E-state index contributed by atoms with van der Waals surface area (Å²) in [5.74, 6) is -2.97. The van der Waals surface area contributed by atoms with Crippen molar-refractivity contribution in [3.05, 3.63) is 11.6 Å². The summed E-state index contributed by atoms with van der Waals surface area (Å²) in [6.45, 7) is 16.9. The summed E-state index contributed by atoms with van der Waals surface area (Å²) in [7, 11) is 0. The van der Waals surface area contributed by atoms with Gasteiger partial charge in [-0.1, -0.05) is 60.1 Å². The van der Waals surface area contributed by atoms with Crippen molar-refractivity contribution in [2.45, 2.75) is 255 Å². The van der Waals surface area contributed by atoms with Crippen molar-refractivity contribution in [2.24, 2.45) is 50.2 Å². The Morgan fingerprint density at radius 3 is 1.86 bits per heavy atom. The van der Waals surface area contributed by atoms with E-state index in [0.29, 0.717) is 51.4 Å². The molecule has 24 nitrogen and oxygen atoms in total. The Bertz CT molecular complexity index is 2300. The van der Waals surface area contributed by atoms with Gasteiger partial charge in [0, 0.05) is 6.92 Å². The zero-order valence-corrected chi connectivity index (χ0v) is 47.2. The molecule has 4 heterocycles. The van der Waals surface area contributed by atoms with Crippen LogP contribution in [0, 0.1) is 50.2 Å². The number of carboxylic acids is 1. The number of carbonyl (C=O) groups is 3. The maximum atomic E-state index is 15.4. The molecule has 80 heavy (non-hydrogen) atoms. The average molecular weight is 1150 g/mol. The molecule has 24 heteroatoms. The largest absolute Gasteiger partial charge is 0.479 e. The van der Waals surface area contributed by atoms with E-state index in [1.54, 1.807) is 0 Å². The van der Waals surface area contributed by atoms with Gasteiger partial charge >= 0.3 is 17.9 Å². The van der Waals surface area contributed by atoms with Gasteiger partial charge in [-0.3, -0.25) is 9.59 Å². The number of hydrogen-bond acceptors (Lipinski definition) is 23. The van der Waals surface area contributed by atoms with Crippen LogP contribution in [0.1, 0.15) is 127 Å². The lowest BCUT2D eigenvalue weighted by Crippen LogP contribution is -2.67. The van der Waals surface area contributed by atoms with Crippen molar-refractivity contribution in [1.29, 1.82) is 0 Å². The maximum Gasteiger partial charge on any atom is 0.335 e. The first kappa shape index (κ1) is 62.0. The van der Waals surface area contributed by atoms with Crippen LogP contribution in [0.15, 0.2) is 11.6 Å². The molecular weight excluding hydrogens is 1060 g/mol. The highest BCUT2D eigenvalue weighted by Crippen LogP contribution is 2.76. The van der Waals surface area contributed by atoms with E-state index in [9.17, 15) is 70.9 Å². The highest BCUT2D eigenvalue weighted by atomic mass is 16.8. The van der Waals surface area contributed by atoms with Gasteiger partial charge in [0.2, 0.25) is 6.29 Å². The highest BCUT2D eigenvalue weighted by molar-refractivity contribution is 5.79. The van der Waals surface area contributed by atoms with E-state index in [1.165, 1.54) is 12.5 Å². The summed E-state index contributed by atoms with van der Waals surface area (Å²) in [4.78, 5) is 39.5. The van der Waals surface area contributed by atoms with Crippen LogP contribution in [0.5, 0.6) is 0 Å². The molecule has 0 bridgehead atoms. The lowest BCUT2D eigenvalue weighted by molar-refractivity contribution is -0.364. The van der Waals surface area contributed by atoms with E-state index < -0.39 is 176 Å². The number of aliphatic hydroxyl groups is 11. The van der Waals surface area contributed by atoms with Gasteiger partial charge in [-0.15, -0.1) is 0 Å². The van der Waals surface area contributed by atoms with Crippen molar-refractivity contribution in [2.75, 3.05) is 13.2 Å². The molecule has 5 aliphatic carbocycles. The molecule has 0 aromatic rings. The smallest absolute Gasteiger partial charge is 0.335 e. The SMILES string of the molecule is CC(=O)OC[C@H]1O[C@@H](O[C@@H]2[C@H](OC(=O)[C@]34CCC(C)(C)C[C@H]3C3=CC[C@@H]5[C@@]6(C)CC[C@H](O[C@@H]7O[C@H](C(=O)O)[C@@H](O)[C@H](O[C@@H]8O[C@@H](C)[C@H](O)[C@@H](O)[C@H]8O)[C@H]7O)C(C)(C)[C@@H]6CC[C@@]5(C)[C@]3(C)CC4)O[C@H](CO)[C@@H](O)[C@@H]2O)[C@H](O)[C@@H](O)[C@@H]1O. The molecule has 4 saturated carbocycles. The summed E-state index contributed by atoms with van der Waals surface area (Å²) in [6.07, 6.45) is -25.8. The second-order valence-electron chi connectivity index (χ2n) is 26.9. The number of fused-ring (bicyclic) bond motifs is 7. The molecule has 0 spiro atoms. The van der Waals surface area contributed by atoms with Gasteiger partial charge in [0.25, 0.3) is 0 Å². The molecular formula is C56H88O24. The Balaban J connectivity index is 0.952. The molecule has 28 atom stereocenters. The first-order valence-electron chi connectivity index (χ1n) is 28.6. The van der Waals surface area contributed by atoms with Crippen molar-refractivity contribution in [3.63, 3.8) is 0 Å². The summed E-state index contributed by atoms with van der Waals surface area (Å²) < 4.78 is 52.9. The Morgan fingerprint density at radius 2 is 1.21 bits per heavy atom. The first-order valence-corrected chi connectivity index (χ1v) is 28.6. The van der Waals surface area contributed by atoms with Crippen LogP contribution >= 0.6 is 0 Å². The van der Waals surface area contributed by atoms with Crippen LogP contribution in [0.4, 0.5) is 0 Å². The number of allylic oxidation sites excluding steroid dienone is 2. The van der Waals surface area contributed by atoms with Gasteiger partial charge in [0.1, 0.15) is 86.0 Å². The molecule has 0 aromatic heterocycles. The van der Waals surface area contributed by atoms with Crippen molar-refractivity contribution < 1.29 is 118 Å². The molecule has 9 aliphatic rings. The molecule has 12 N–H and O–H groups in total. The molecule has 4 aliphatic heterocycles. The number of carbonyl (C=O) groups excluding carboxylic acids is 2. The van der Waals surface area contributed by atoms with Gasteiger partial charge < -0.3 is 104 Å². The van der Waals surface area contributed by atoms with Crippen molar-refractivity contribution in [3.8, 4) is 0 Å². The predicted octanol–water partition coefficient (Wildman–Crippen LogP) is -0.345. The molecule has 4 saturated heterocycles. The lowest BCUT2D eigenvalue weighted by Gasteiger charge is -2.71. The van der Waals surface area contributed by atoms with E-state index >= 15 is 4.79 Å². The predicted molar refractivity (Wildman–Crippen MR) is 271 cm³/mol. The van der Waals surface area contributed by atoms with Gasteiger partial charge in [-0.05, 0) is 116 Å². The number of hydrogen-bond donors (Lipinski definition) is 12. The summed E-state index contributed by atoms with van der Waals surface area (Å²) in [6, 6.07) is 0. The summed E-state index contributed by atoms with van der Waals surface area (Å²) >= 11 is 0. The fourth-order valence-corrected chi connectivity index (χ4v) is 16.6. The topological polar surface area (TPSA) is 377 Å². The molecule has 9 rings (SSSR count). The minimum absolute atomic E-state index is 0.0565. The fourth-order valence-electron chi connectivity index (χ4n) is 16.6. The second-order valence-corrected chi connectivity index (χ2v) is 26.9. The Morgan fingerprint density at radius 1 is 0.613 bits per heavy atom. The van der Waals surface area contributed by atoms with Crippen molar-refractivity contribution >= 4 is 17.9 Å². The first-order chi connectivity index (χ1) is 37.3. The van der Waals surface area contributed by atoms with Crippen LogP contribution < -0.4 is 0 Å². The monoisotopic (exact) mass is 1140 g/mol. The Hall–Kier alpha value is -2.57. The summed E-state index contributed by atoms with van der Waals surface area (Å²) in [5, 5.41) is 130. The third-order valence-corrected chi connectivity index (χ3v) is 21.6. The van der Waals surface area contributed by atoms with E-state index in [1.807, 2.05) is 0 Å². The van der Waals surface area contributed by atoms with E-state index in [2.05, 4.69) is 54.5 Å². The standard InChI is InChI=1S/C56H88O24/c1-23-32(59)35(62)38(65)46(73-23)77-42-40(67)43(45(69)70)78-48(41(42)68)76-31-13-14-53(7)29(52(31,5)6)12-15-55(9)30(53)11-10-25-26-20-51(3,4)16-18-56(26,19-17-54(25,55)8)50(71)80-49-44(37(64)33(60)27(21-57)74-49)79-47-39(66)36(63)34(61)28(75-47)22-72-24(2)58/h10,23,26-44,46-49,57,59-68H,11-22H2,1-9H3,(H,69,70)/t23-,26-,27+,28+,29-,30+,31-,32-,33+,34+,35+,36-,37-,38+,39+,40-,41+,42-,43-,44-,46-,47-,48+,49-,53-,54+,55+,56-/m0/s1. The lowest BCUT2D eigenvalue weighted by atomic mass is 9.33. The number of carboxylic acid groups (broad SMARTS) is 1. The Kier molecular flexibility index (Phi) is 17.3. The molecule has 0 amide bonds. The quantitative estimate of drug-likeness (QED) is 0.0675. The third-order valence-electron chi connectivity index (χ3n) is 21.6. The van der Waals surface area contributed by atoms with Crippen LogP contribution in [0.25, 0.3) is 0 Å². The second kappa shape index (κ2) is 22.4. The number of rotatable bonds is 12. The molecule has 0 radical (unpaired) electrons. The number of esters is 2. The van der Waals surface area contributed by atoms with Crippen LogP contribution in [-0.4, -0.2) is 221 Å². The third kappa shape index (κ3) is 10.3. The van der Waals surface area contributed by atoms with Gasteiger partial charge in [0.15, 0.2) is 31.1 Å². The minimum atomic E-state index is -1.94. The molecule has 456 valence electrons. The zero-order valence-electron chi connectivity index (χ0n) is 47.2. The van der Waals surface area contributed by atoms with Gasteiger partial charge in [-0.25, -0.2) is 4.79 Å². The fraction of sp³-hybridized carbons (Fsp3) is 0.911. The van der Waals surface area contributed by atoms with Crippen molar-refractivity contribution in [1.82, 2.24) is 0 Å². The summed E-state index contributed by atoms with van der Waals surface area (Å²) in [5.41, 5.74) is -1.61. The minimum Gasteiger partial charge on any atom is -0.479 e. The van der Waals surface area contributed by atoms with Gasteiger partial charge in [-0.2, -0.15) is 0 Å². The van der Waals surface area contributed by atoms with E-state index in [4.69, 9.17) is 42.6 Å². The normalized spacial score (nSPS) is 51.7. The maximum absolute atomic E-state index is 15.4. The van der Waals surface area contributed by atoms with E-state index in [-0.39, 0.29) is 34.0 Å². The van der Waals surface area contributed by atoms with Crippen LogP contribution in [0.2, 0.25) is 0 Å². The highest BCUT2D eigenvalue weighted by Gasteiger charge is 2.70. The average Bonchev–Trinajstić information content (AvgIpc) is 2.11.